The number of anilines is 1. The van der Waals surface area contributed by atoms with Gasteiger partial charge in [-0.25, -0.2) is 14.8 Å². The van der Waals surface area contributed by atoms with E-state index in [1.54, 1.807) is 6.92 Å². The van der Waals surface area contributed by atoms with Crippen LogP contribution in [0.25, 0.3) is 10.2 Å². The van der Waals surface area contributed by atoms with E-state index >= 15 is 0 Å². The van der Waals surface area contributed by atoms with Gasteiger partial charge in [0.2, 0.25) is 0 Å². The fraction of sp³-hybridized carbons (Fsp3) is 0.357. The van der Waals surface area contributed by atoms with Crippen LogP contribution in [0.1, 0.15) is 28.6 Å². The van der Waals surface area contributed by atoms with Crippen molar-refractivity contribution in [3.63, 3.8) is 0 Å². The van der Waals surface area contributed by atoms with Gasteiger partial charge < -0.3 is 10.0 Å². The van der Waals surface area contributed by atoms with Crippen LogP contribution in [0.3, 0.4) is 0 Å². The van der Waals surface area contributed by atoms with Crippen LogP contribution in [0.15, 0.2) is 6.33 Å². The normalized spacial score (nSPS) is 10.4. The summed E-state index contributed by atoms with van der Waals surface area (Å²) in [4.78, 5) is 22.7. The number of nitrogens with zero attached hydrogens (tertiary/aromatic N) is 3. The van der Waals surface area contributed by atoms with Gasteiger partial charge in [-0.1, -0.05) is 12.8 Å². The molecule has 0 aliphatic carbocycles. The van der Waals surface area contributed by atoms with E-state index in [-0.39, 0.29) is 0 Å². The maximum absolute atomic E-state index is 11.2. The number of hydrogen-bond acceptors (Lipinski definition) is 5. The molecular formula is C14H15N3O2S. The molecule has 0 saturated heterocycles. The molecular weight excluding hydrogens is 274 g/mol. The lowest BCUT2D eigenvalue weighted by Gasteiger charge is -2.21. The van der Waals surface area contributed by atoms with Crippen molar-refractivity contribution in [3.8, 4) is 12.3 Å². The average Bonchev–Trinajstić information content (AvgIpc) is 2.76. The van der Waals surface area contributed by atoms with Crippen LogP contribution < -0.4 is 4.90 Å². The average molecular weight is 289 g/mol. The van der Waals surface area contributed by atoms with Crippen molar-refractivity contribution in [2.45, 2.75) is 20.3 Å². The van der Waals surface area contributed by atoms with Crippen LogP contribution >= 0.6 is 11.3 Å². The van der Waals surface area contributed by atoms with Gasteiger partial charge in [0.25, 0.3) is 0 Å². The Labute approximate surface area is 121 Å². The maximum atomic E-state index is 11.2. The molecule has 0 amide bonds. The molecule has 0 fully saturated rings. The molecule has 0 aliphatic heterocycles. The Hall–Kier alpha value is -2.13. The zero-order chi connectivity index (χ0) is 14.7. The number of carboxylic acids is 1. The molecule has 6 heteroatoms. The molecule has 0 radical (unpaired) electrons. The number of aromatic carboxylic acids is 1. The van der Waals surface area contributed by atoms with Crippen LogP contribution in [0.5, 0.6) is 0 Å². The number of aromatic nitrogens is 2. The third-order valence-corrected chi connectivity index (χ3v) is 4.16. The third kappa shape index (κ3) is 2.45. The van der Waals surface area contributed by atoms with Crippen molar-refractivity contribution in [1.29, 1.82) is 0 Å². The minimum Gasteiger partial charge on any atom is -0.477 e. The highest BCUT2D eigenvalue weighted by Gasteiger charge is 2.20. The molecule has 0 saturated carbocycles. The van der Waals surface area contributed by atoms with Crippen LogP contribution in [-0.2, 0) is 0 Å². The number of fused-ring (bicyclic) bond motifs is 1. The number of rotatable bonds is 5. The number of carbonyl (C=O) groups is 1. The standard InChI is InChI=1S/C14H15N3O2S/c1-4-6-17(7-5-2)12-10-9(3)11(14(18)19)20-13(10)16-8-15-12/h1,8H,5-7H2,2-3H3,(H,18,19). The van der Waals surface area contributed by atoms with Crippen LogP contribution in [0, 0.1) is 19.3 Å². The second-order valence-corrected chi connectivity index (χ2v) is 5.36. The molecule has 104 valence electrons. The van der Waals surface area contributed by atoms with Crippen molar-refractivity contribution in [3.05, 3.63) is 16.8 Å². The summed E-state index contributed by atoms with van der Waals surface area (Å²) >= 11 is 1.17. The first-order valence-electron chi connectivity index (χ1n) is 6.25. The minimum absolute atomic E-state index is 0.305. The predicted octanol–water partition coefficient (Wildman–Crippen LogP) is 2.55. The van der Waals surface area contributed by atoms with Crippen molar-refractivity contribution >= 4 is 33.3 Å². The van der Waals surface area contributed by atoms with Crippen molar-refractivity contribution in [2.75, 3.05) is 18.0 Å². The van der Waals surface area contributed by atoms with Gasteiger partial charge >= 0.3 is 5.97 Å². The van der Waals surface area contributed by atoms with Crippen LogP contribution in [0.4, 0.5) is 5.82 Å². The second kappa shape index (κ2) is 5.88. The van der Waals surface area contributed by atoms with E-state index in [0.717, 1.165) is 24.2 Å². The Kier molecular flexibility index (Phi) is 4.20. The first-order valence-corrected chi connectivity index (χ1v) is 7.07. The molecule has 2 aromatic rings. The molecule has 0 aliphatic rings. The highest BCUT2D eigenvalue weighted by atomic mass is 32.1. The van der Waals surface area contributed by atoms with Crippen LogP contribution in [-0.4, -0.2) is 34.1 Å². The SMILES string of the molecule is C#CCN(CCC)c1ncnc2sc(C(=O)O)c(C)c12. The first kappa shape index (κ1) is 14.3. The number of carboxylic acid groups (broad SMARTS) is 1. The summed E-state index contributed by atoms with van der Waals surface area (Å²) in [6.07, 6.45) is 7.80. The molecule has 0 bridgehead atoms. The predicted molar refractivity (Wildman–Crippen MR) is 80.4 cm³/mol. The summed E-state index contributed by atoms with van der Waals surface area (Å²) in [6.45, 7) is 5.06. The minimum atomic E-state index is -0.935. The maximum Gasteiger partial charge on any atom is 0.346 e. The number of thiophene rings is 1. The van der Waals surface area contributed by atoms with Gasteiger partial charge in [0, 0.05) is 6.54 Å². The number of aryl methyl sites for hydroxylation is 1. The monoisotopic (exact) mass is 289 g/mol. The topological polar surface area (TPSA) is 66.3 Å². The summed E-state index contributed by atoms with van der Waals surface area (Å²) in [5.41, 5.74) is 0.700. The van der Waals surface area contributed by atoms with Gasteiger partial charge in [-0.3, -0.25) is 0 Å². The molecule has 0 aromatic carbocycles. The van der Waals surface area contributed by atoms with E-state index in [0.29, 0.717) is 21.8 Å². The quantitative estimate of drug-likeness (QED) is 0.857. The van der Waals surface area contributed by atoms with Crippen molar-refractivity contribution in [2.24, 2.45) is 0 Å². The molecule has 2 aromatic heterocycles. The lowest BCUT2D eigenvalue weighted by Crippen LogP contribution is -2.25. The van der Waals surface area contributed by atoms with Gasteiger partial charge in [0.1, 0.15) is 21.9 Å². The molecule has 0 spiro atoms. The Bertz CT molecular complexity index is 688. The Morgan fingerprint density at radius 3 is 2.90 bits per heavy atom. The summed E-state index contributed by atoms with van der Waals surface area (Å²) < 4.78 is 0. The van der Waals surface area contributed by atoms with Gasteiger partial charge in [-0.2, -0.15) is 0 Å². The molecule has 0 unspecified atom stereocenters. The number of hydrogen-bond donors (Lipinski definition) is 1. The van der Waals surface area contributed by atoms with E-state index in [4.69, 9.17) is 6.42 Å². The lowest BCUT2D eigenvalue weighted by molar-refractivity contribution is 0.0701. The number of terminal acetylenes is 1. The summed E-state index contributed by atoms with van der Waals surface area (Å²) in [6, 6.07) is 0. The molecule has 20 heavy (non-hydrogen) atoms. The Morgan fingerprint density at radius 1 is 1.55 bits per heavy atom. The summed E-state index contributed by atoms with van der Waals surface area (Å²) in [5.74, 6) is 2.40. The van der Waals surface area contributed by atoms with Gasteiger partial charge in [-0.15, -0.1) is 17.8 Å². The molecule has 0 atom stereocenters. The van der Waals surface area contributed by atoms with E-state index in [1.165, 1.54) is 17.7 Å². The van der Waals surface area contributed by atoms with E-state index in [1.807, 2.05) is 4.90 Å². The Balaban J connectivity index is 2.64. The van der Waals surface area contributed by atoms with E-state index in [2.05, 4.69) is 22.8 Å². The van der Waals surface area contributed by atoms with E-state index in [9.17, 15) is 9.90 Å². The third-order valence-electron chi connectivity index (χ3n) is 2.98. The zero-order valence-corrected chi connectivity index (χ0v) is 12.2. The van der Waals surface area contributed by atoms with Gasteiger partial charge in [0.05, 0.1) is 11.9 Å². The van der Waals surface area contributed by atoms with Crippen molar-refractivity contribution in [1.82, 2.24) is 9.97 Å². The molecule has 5 nitrogen and oxygen atoms in total. The Morgan fingerprint density at radius 2 is 2.30 bits per heavy atom. The second-order valence-electron chi connectivity index (χ2n) is 4.36. The lowest BCUT2D eigenvalue weighted by atomic mass is 10.2. The fourth-order valence-electron chi connectivity index (χ4n) is 2.14. The molecule has 2 heterocycles. The van der Waals surface area contributed by atoms with Gasteiger partial charge in [-0.05, 0) is 18.9 Å². The zero-order valence-electron chi connectivity index (χ0n) is 11.4. The van der Waals surface area contributed by atoms with E-state index < -0.39 is 5.97 Å². The largest absolute Gasteiger partial charge is 0.477 e. The van der Waals surface area contributed by atoms with Crippen molar-refractivity contribution < 1.29 is 9.90 Å². The molecule has 2 rings (SSSR count). The summed E-state index contributed by atoms with van der Waals surface area (Å²) in [5, 5.41) is 10.0. The highest BCUT2D eigenvalue weighted by molar-refractivity contribution is 7.20. The van der Waals surface area contributed by atoms with Crippen LogP contribution in [0.2, 0.25) is 0 Å². The first-order chi connectivity index (χ1) is 9.60. The smallest absolute Gasteiger partial charge is 0.346 e. The summed E-state index contributed by atoms with van der Waals surface area (Å²) in [7, 11) is 0. The molecule has 1 N–H and O–H groups in total. The fourth-order valence-corrected chi connectivity index (χ4v) is 3.12. The van der Waals surface area contributed by atoms with Gasteiger partial charge in [0.15, 0.2) is 0 Å². The highest BCUT2D eigenvalue weighted by Crippen LogP contribution is 2.34.